The number of rotatable bonds is 7. The van der Waals surface area contributed by atoms with Crippen molar-refractivity contribution < 1.29 is 9.26 Å². The summed E-state index contributed by atoms with van der Waals surface area (Å²) < 4.78 is 11.4. The zero-order chi connectivity index (χ0) is 19.2. The van der Waals surface area contributed by atoms with Gasteiger partial charge in [0, 0.05) is 32.2 Å². The van der Waals surface area contributed by atoms with Crippen LogP contribution in [-0.2, 0) is 17.9 Å². The molecule has 146 valence electrons. The topological polar surface area (TPSA) is 41.7 Å². The van der Waals surface area contributed by atoms with Gasteiger partial charge in [-0.3, -0.25) is 4.90 Å². The molecule has 0 bridgehead atoms. The zero-order valence-electron chi connectivity index (χ0n) is 16.3. The van der Waals surface area contributed by atoms with Gasteiger partial charge in [0.2, 0.25) is 0 Å². The van der Waals surface area contributed by atoms with Crippen molar-refractivity contribution in [2.75, 3.05) is 31.1 Å². The maximum Gasteiger partial charge on any atom is 0.172 e. The lowest BCUT2D eigenvalue weighted by atomic mass is 10.1. The molecule has 0 unspecified atom stereocenters. The van der Waals surface area contributed by atoms with Crippen molar-refractivity contribution in [3.8, 4) is 0 Å². The Kier molecular flexibility index (Phi) is 6.04. The molecule has 2 heterocycles. The Morgan fingerprint density at radius 3 is 2.39 bits per heavy atom. The number of ether oxygens (including phenoxy) is 1. The van der Waals surface area contributed by atoms with E-state index in [4.69, 9.17) is 9.26 Å². The van der Waals surface area contributed by atoms with Crippen molar-refractivity contribution in [1.29, 1.82) is 0 Å². The highest BCUT2D eigenvalue weighted by Crippen LogP contribution is 2.22. The molecule has 0 aliphatic carbocycles. The van der Waals surface area contributed by atoms with E-state index in [9.17, 15) is 0 Å². The Hall–Kier alpha value is -2.63. The van der Waals surface area contributed by atoms with Crippen LogP contribution in [0.2, 0.25) is 0 Å². The van der Waals surface area contributed by atoms with E-state index in [1.165, 1.54) is 11.1 Å². The SMILES string of the molecule is Cc1cc(N2CCN(Cc3ccccc3)C[C@@H]2COCc2ccccc2)no1. The molecule has 3 aromatic rings. The van der Waals surface area contributed by atoms with Gasteiger partial charge in [-0.05, 0) is 18.1 Å². The third kappa shape index (κ3) is 4.80. The van der Waals surface area contributed by atoms with Gasteiger partial charge in [-0.15, -0.1) is 0 Å². The molecule has 5 heteroatoms. The monoisotopic (exact) mass is 377 g/mol. The first-order valence-corrected chi connectivity index (χ1v) is 9.86. The van der Waals surface area contributed by atoms with Crippen molar-refractivity contribution in [2.24, 2.45) is 0 Å². The molecule has 4 rings (SSSR count). The third-order valence-electron chi connectivity index (χ3n) is 5.15. The molecule has 0 amide bonds. The van der Waals surface area contributed by atoms with Crippen molar-refractivity contribution in [2.45, 2.75) is 26.1 Å². The van der Waals surface area contributed by atoms with Crippen LogP contribution < -0.4 is 4.90 Å². The van der Waals surface area contributed by atoms with Crippen molar-refractivity contribution in [1.82, 2.24) is 10.1 Å². The summed E-state index contributed by atoms with van der Waals surface area (Å²) in [6.45, 7) is 7.03. The molecule has 2 aromatic carbocycles. The quantitative estimate of drug-likeness (QED) is 0.625. The zero-order valence-corrected chi connectivity index (χ0v) is 16.3. The van der Waals surface area contributed by atoms with Crippen molar-refractivity contribution in [3.63, 3.8) is 0 Å². The van der Waals surface area contributed by atoms with Crippen LogP contribution in [0.1, 0.15) is 16.9 Å². The molecule has 1 fully saturated rings. The summed E-state index contributed by atoms with van der Waals surface area (Å²) >= 11 is 0. The minimum absolute atomic E-state index is 0.241. The first-order chi connectivity index (χ1) is 13.8. The van der Waals surface area contributed by atoms with Crippen LogP contribution in [-0.4, -0.2) is 42.3 Å². The van der Waals surface area contributed by atoms with Gasteiger partial charge in [0.05, 0.1) is 19.3 Å². The molecule has 28 heavy (non-hydrogen) atoms. The van der Waals surface area contributed by atoms with E-state index in [-0.39, 0.29) is 6.04 Å². The molecule has 0 radical (unpaired) electrons. The van der Waals surface area contributed by atoms with Crippen LogP contribution in [0.4, 0.5) is 5.82 Å². The molecular formula is C23H27N3O2. The van der Waals surface area contributed by atoms with E-state index in [1.54, 1.807) is 0 Å². The summed E-state index contributed by atoms with van der Waals surface area (Å²) in [6, 6.07) is 23.2. The highest BCUT2D eigenvalue weighted by molar-refractivity contribution is 5.40. The summed E-state index contributed by atoms with van der Waals surface area (Å²) in [7, 11) is 0. The predicted octanol–water partition coefficient (Wildman–Crippen LogP) is 3.89. The molecule has 1 saturated heterocycles. The Morgan fingerprint density at radius 1 is 1.00 bits per heavy atom. The average molecular weight is 377 g/mol. The maximum absolute atomic E-state index is 6.09. The summed E-state index contributed by atoms with van der Waals surface area (Å²) in [4.78, 5) is 4.82. The molecule has 1 aliphatic heterocycles. The highest BCUT2D eigenvalue weighted by Gasteiger charge is 2.29. The number of piperazine rings is 1. The second-order valence-corrected chi connectivity index (χ2v) is 7.36. The van der Waals surface area contributed by atoms with Crippen LogP contribution in [0.3, 0.4) is 0 Å². The molecule has 0 spiro atoms. The van der Waals surface area contributed by atoms with Gasteiger partial charge < -0.3 is 14.2 Å². The Bertz CT molecular complexity index is 851. The number of nitrogens with zero attached hydrogens (tertiary/aromatic N) is 3. The molecular weight excluding hydrogens is 350 g/mol. The maximum atomic E-state index is 6.09. The first-order valence-electron chi connectivity index (χ1n) is 9.86. The van der Waals surface area contributed by atoms with Crippen LogP contribution in [0.25, 0.3) is 0 Å². The van der Waals surface area contributed by atoms with Gasteiger partial charge >= 0.3 is 0 Å². The molecule has 0 saturated carbocycles. The largest absolute Gasteiger partial charge is 0.375 e. The highest BCUT2D eigenvalue weighted by atomic mass is 16.5. The Morgan fingerprint density at radius 2 is 1.71 bits per heavy atom. The minimum atomic E-state index is 0.241. The van der Waals surface area contributed by atoms with Crippen LogP contribution in [0, 0.1) is 6.92 Å². The smallest absolute Gasteiger partial charge is 0.172 e. The standard InChI is InChI=1S/C23H27N3O2/c1-19-14-23(24-28-19)26-13-12-25(15-20-8-4-2-5-9-20)16-22(26)18-27-17-21-10-6-3-7-11-21/h2-11,14,22H,12-13,15-18H2,1H3/t22-/m1/s1. The number of aromatic nitrogens is 1. The average Bonchev–Trinajstić information content (AvgIpc) is 3.16. The second kappa shape index (κ2) is 9.04. The Balaban J connectivity index is 1.41. The van der Waals surface area contributed by atoms with Gasteiger partial charge in [-0.1, -0.05) is 65.8 Å². The van der Waals surface area contributed by atoms with Crippen molar-refractivity contribution in [3.05, 3.63) is 83.6 Å². The van der Waals surface area contributed by atoms with E-state index >= 15 is 0 Å². The Labute approximate surface area is 166 Å². The number of benzene rings is 2. The van der Waals surface area contributed by atoms with Gasteiger partial charge in [-0.2, -0.15) is 0 Å². The number of anilines is 1. The summed E-state index contributed by atoms with van der Waals surface area (Å²) in [5.74, 6) is 1.75. The van der Waals surface area contributed by atoms with E-state index in [1.807, 2.05) is 31.2 Å². The van der Waals surface area contributed by atoms with Crippen LogP contribution in [0.5, 0.6) is 0 Å². The summed E-state index contributed by atoms with van der Waals surface area (Å²) in [5, 5.41) is 4.24. The van der Waals surface area contributed by atoms with Crippen LogP contribution in [0.15, 0.2) is 71.3 Å². The normalized spacial score (nSPS) is 17.8. The summed E-state index contributed by atoms with van der Waals surface area (Å²) in [6.07, 6.45) is 0. The fraction of sp³-hybridized carbons (Fsp3) is 0.348. The second-order valence-electron chi connectivity index (χ2n) is 7.36. The lowest BCUT2D eigenvalue weighted by Gasteiger charge is -2.41. The first kappa shape index (κ1) is 18.7. The molecule has 5 nitrogen and oxygen atoms in total. The fourth-order valence-corrected chi connectivity index (χ4v) is 3.72. The predicted molar refractivity (Wildman–Crippen MR) is 110 cm³/mol. The third-order valence-corrected chi connectivity index (χ3v) is 5.15. The van der Waals surface area contributed by atoms with E-state index in [0.29, 0.717) is 13.2 Å². The van der Waals surface area contributed by atoms with Gasteiger partial charge in [0.15, 0.2) is 5.82 Å². The molecule has 0 N–H and O–H groups in total. The minimum Gasteiger partial charge on any atom is -0.375 e. The number of aryl methyl sites for hydroxylation is 1. The van der Waals surface area contributed by atoms with Gasteiger partial charge in [0.25, 0.3) is 0 Å². The fourth-order valence-electron chi connectivity index (χ4n) is 3.72. The van der Waals surface area contributed by atoms with E-state index < -0.39 is 0 Å². The number of hydrogen-bond donors (Lipinski definition) is 0. The van der Waals surface area contributed by atoms with E-state index in [0.717, 1.165) is 37.8 Å². The number of hydrogen-bond acceptors (Lipinski definition) is 5. The lowest BCUT2D eigenvalue weighted by Crippen LogP contribution is -2.55. The van der Waals surface area contributed by atoms with Crippen molar-refractivity contribution >= 4 is 5.82 Å². The molecule has 1 aromatic heterocycles. The lowest BCUT2D eigenvalue weighted by molar-refractivity contribution is 0.0812. The van der Waals surface area contributed by atoms with Gasteiger partial charge in [0.1, 0.15) is 5.76 Å². The van der Waals surface area contributed by atoms with Crippen LogP contribution >= 0.6 is 0 Å². The molecule has 1 atom stereocenters. The summed E-state index contributed by atoms with van der Waals surface area (Å²) in [5.41, 5.74) is 2.54. The van der Waals surface area contributed by atoms with Gasteiger partial charge in [-0.25, -0.2) is 0 Å². The molecule has 1 aliphatic rings. The van der Waals surface area contributed by atoms with E-state index in [2.05, 4.69) is 57.4 Å².